The summed E-state index contributed by atoms with van der Waals surface area (Å²) >= 11 is 1.72. The number of furan rings is 1. The fourth-order valence-electron chi connectivity index (χ4n) is 7.37. The highest BCUT2D eigenvalue weighted by Crippen LogP contribution is 2.38. The van der Waals surface area contributed by atoms with Crippen LogP contribution in [0.15, 0.2) is 181 Å². The molecular formula is C52H40OS. The van der Waals surface area contributed by atoms with E-state index in [2.05, 4.69) is 174 Å². The first-order valence-corrected chi connectivity index (χ1v) is 18.9. The van der Waals surface area contributed by atoms with Crippen LogP contribution in [0.5, 0.6) is 0 Å². The topological polar surface area (TPSA) is 13.1 Å². The first-order chi connectivity index (χ1) is 26.3. The van der Waals surface area contributed by atoms with Gasteiger partial charge in [-0.05, 0) is 92.8 Å². The predicted octanol–water partition coefficient (Wildman–Crippen LogP) is 13.7. The van der Waals surface area contributed by atoms with Crippen LogP contribution in [-0.2, 0) is 0 Å². The van der Waals surface area contributed by atoms with Gasteiger partial charge in [-0.2, -0.15) is 0 Å². The third-order valence-electron chi connectivity index (χ3n) is 10.3. The molecule has 0 saturated carbocycles. The van der Waals surface area contributed by atoms with Crippen LogP contribution in [0.4, 0.5) is 0 Å². The molecule has 2 heteroatoms. The molecule has 0 radical (unpaired) electrons. The van der Waals surface area contributed by atoms with E-state index >= 15 is 0 Å². The summed E-state index contributed by atoms with van der Waals surface area (Å²) in [4.78, 5) is 0. The Morgan fingerprint density at radius 2 is 1.22 bits per heavy atom. The van der Waals surface area contributed by atoms with Crippen LogP contribution in [0.25, 0.3) is 83.4 Å². The highest BCUT2D eigenvalue weighted by atomic mass is 32.1. The van der Waals surface area contributed by atoms with E-state index in [0.717, 1.165) is 103 Å². The summed E-state index contributed by atoms with van der Waals surface area (Å²) in [6.45, 7) is 21.9. The number of rotatable bonds is 7. The molecule has 6 aromatic carbocycles. The summed E-state index contributed by atoms with van der Waals surface area (Å²) in [5, 5.41) is 9.10. The number of benzene rings is 5. The SMILES string of the molecule is C=Cc1ccccc1C(=C)c1ccccccc(/C(C)=C/C=C(\C)C(=C)/C=c2\c(=C)sc3c2ccc2ccc4c5ccccc5oc4c23)c2ccccc12. The molecule has 0 atom stereocenters. The molecule has 0 bridgehead atoms. The Balaban J connectivity index is 1.21. The van der Waals surface area contributed by atoms with Crippen molar-refractivity contribution >= 4 is 94.8 Å². The van der Waals surface area contributed by atoms with Crippen molar-refractivity contribution in [3.05, 3.63) is 208 Å². The van der Waals surface area contributed by atoms with Gasteiger partial charge in [-0.3, -0.25) is 0 Å². The maximum absolute atomic E-state index is 6.46. The Morgan fingerprint density at radius 3 is 1.98 bits per heavy atom. The molecule has 0 fully saturated rings. The van der Waals surface area contributed by atoms with Gasteiger partial charge in [0, 0.05) is 36.0 Å². The lowest BCUT2D eigenvalue weighted by Crippen LogP contribution is -2.16. The standard InChI is InChI=1S/C52H40OS/c1-7-38-18-12-13-20-41(38)36(5)42-21-11-9-8-10-19-40(43-22-14-15-23-44(42)43)34(3)27-26-33(2)35(4)32-48-37(6)54-52-47(48)31-29-39-28-30-46-45-24-16-17-25-49(45)53-51(46)50(39)52/h7-32H,1,4-6H2,2-3H3/b9-8?,10-8?,11-9?,19-10?,21-11?,33-26+,34-27+,40-19?,42-21?,43-40?,44-42?,48-32+. The monoisotopic (exact) mass is 712 g/mol. The lowest BCUT2D eigenvalue weighted by atomic mass is 9.91. The molecule has 0 saturated heterocycles. The van der Waals surface area contributed by atoms with E-state index in [1.165, 1.54) is 4.70 Å². The van der Waals surface area contributed by atoms with Gasteiger partial charge in [-0.15, -0.1) is 11.3 Å². The number of thiophene rings is 1. The first-order valence-electron chi connectivity index (χ1n) is 18.1. The average Bonchev–Trinajstić information content (AvgIpc) is 3.74. The molecule has 2 heterocycles. The second-order valence-electron chi connectivity index (χ2n) is 13.6. The molecule has 0 aliphatic carbocycles. The molecule has 0 spiro atoms. The van der Waals surface area contributed by atoms with E-state index in [9.17, 15) is 0 Å². The van der Waals surface area contributed by atoms with Gasteiger partial charge in [0.1, 0.15) is 11.2 Å². The van der Waals surface area contributed by atoms with Crippen LogP contribution < -0.4 is 9.75 Å². The van der Waals surface area contributed by atoms with Crippen LogP contribution in [0, 0.1) is 0 Å². The third-order valence-corrected chi connectivity index (χ3v) is 11.4. The van der Waals surface area contributed by atoms with Crippen LogP contribution in [0.2, 0.25) is 0 Å². The number of allylic oxidation sites excluding steroid dienone is 5. The molecule has 0 aliphatic rings. The number of hydrogen-bond donors (Lipinski definition) is 0. The Morgan fingerprint density at radius 1 is 0.611 bits per heavy atom. The second-order valence-corrected chi connectivity index (χ2v) is 14.7. The third kappa shape index (κ3) is 6.21. The van der Waals surface area contributed by atoms with Gasteiger partial charge in [0.25, 0.3) is 0 Å². The quantitative estimate of drug-likeness (QED) is 0.150. The minimum Gasteiger partial charge on any atom is -0.455 e. The van der Waals surface area contributed by atoms with Crippen molar-refractivity contribution in [3.8, 4) is 0 Å². The fourth-order valence-corrected chi connectivity index (χ4v) is 8.49. The number of hydrogen-bond acceptors (Lipinski definition) is 2. The van der Waals surface area contributed by atoms with Crippen LogP contribution in [0.3, 0.4) is 0 Å². The van der Waals surface area contributed by atoms with Gasteiger partial charge >= 0.3 is 0 Å². The molecule has 1 nitrogen and oxygen atoms in total. The zero-order chi connectivity index (χ0) is 37.3. The van der Waals surface area contributed by atoms with Gasteiger partial charge in [0.05, 0.1) is 0 Å². The van der Waals surface area contributed by atoms with E-state index < -0.39 is 0 Å². The minimum atomic E-state index is 0.905. The summed E-state index contributed by atoms with van der Waals surface area (Å²) in [7, 11) is 0. The van der Waals surface area contributed by atoms with Crippen molar-refractivity contribution in [2.24, 2.45) is 0 Å². The normalized spacial score (nSPS) is 12.5. The molecule has 260 valence electrons. The summed E-state index contributed by atoms with van der Waals surface area (Å²) in [6, 6.07) is 46.5. The Hall–Kier alpha value is -6.48. The highest BCUT2D eigenvalue weighted by molar-refractivity contribution is 7.18. The lowest BCUT2D eigenvalue weighted by Gasteiger charge is -2.13. The molecule has 54 heavy (non-hydrogen) atoms. The van der Waals surface area contributed by atoms with Gasteiger partial charge in [0.2, 0.25) is 0 Å². The molecule has 0 unspecified atom stereocenters. The maximum atomic E-state index is 6.46. The summed E-state index contributed by atoms with van der Waals surface area (Å²) in [5.41, 5.74) is 10.3. The molecule has 0 N–H and O–H groups in total. The molecule has 0 aliphatic heterocycles. The van der Waals surface area contributed by atoms with Crippen molar-refractivity contribution in [2.75, 3.05) is 0 Å². The second kappa shape index (κ2) is 14.5. The van der Waals surface area contributed by atoms with E-state index in [-0.39, 0.29) is 0 Å². The van der Waals surface area contributed by atoms with Gasteiger partial charge in [-0.1, -0.05) is 166 Å². The van der Waals surface area contributed by atoms with E-state index in [0.29, 0.717) is 0 Å². The number of para-hydroxylation sites is 1. The summed E-state index contributed by atoms with van der Waals surface area (Å²) in [5.74, 6) is 0. The molecular weight excluding hydrogens is 673 g/mol. The Labute approximate surface area is 320 Å². The van der Waals surface area contributed by atoms with E-state index in [1.54, 1.807) is 11.3 Å². The average molecular weight is 713 g/mol. The smallest absolute Gasteiger partial charge is 0.144 e. The van der Waals surface area contributed by atoms with Crippen molar-refractivity contribution < 1.29 is 4.42 Å². The zero-order valence-electron chi connectivity index (χ0n) is 30.7. The largest absolute Gasteiger partial charge is 0.455 e. The summed E-state index contributed by atoms with van der Waals surface area (Å²) < 4.78 is 8.66. The minimum absolute atomic E-state index is 0.905. The fraction of sp³-hybridized carbons (Fsp3) is 0.0385. The van der Waals surface area contributed by atoms with Crippen LogP contribution >= 0.6 is 11.3 Å². The lowest BCUT2D eigenvalue weighted by molar-refractivity contribution is 0.673. The Kier molecular flexibility index (Phi) is 9.29. The predicted molar refractivity (Wildman–Crippen MR) is 239 cm³/mol. The van der Waals surface area contributed by atoms with Crippen molar-refractivity contribution in [3.63, 3.8) is 0 Å². The molecule has 0 amide bonds. The maximum Gasteiger partial charge on any atom is 0.144 e. The Bertz CT molecular complexity index is 3090. The molecule has 8 rings (SSSR count). The van der Waals surface area contributed by atoms with Crippen molar-refractivity contribution in [1.29, 1.82) is 0 Å². The molecule has 8 aromatic rings. The highest BCUT2D eigenvalue weighted by Gasteiger charge is 2.15. The molecule has 2 aromatic heterocycles. The van der Waals surface area contributed by atoms with Gasteiger partial charge < -0.3 is 4.42 Å². The zero-order valence-corrected chi connectivity index (χ0v) is 31.5. The summed E-state index contributed by atoms with van der Waals surface area (Å²) in [6.07, 6.45) is 8.43. The first kappa shape index (κ1) is 34.6. The van der Waals surface area contributed by atoms with Gasteiger partial charge in [-0.25, -0.2) is 0 Å². The number of fused-ring (bicyclic) bond motifs is 8. The van der Waals surface area contributed by atoms with Crippen LogP contribution in [0.1, 0.15) is 36.1 Å². The van der Waals surface area contributed by atoms with E-state index in [1.807, 2.05) is 24.3 Å². The van der Waals surface area contributed by atoms with Crippen LogP contribution in [-0.4, -0.2) is 0 Å². The van der Waals surface area contributed by atoms with Crippen molar-refractivity contribution in [2.45, 2.75) is 13.8 Å². The van der Waals surface area contributed by atoms with E-state index in [4.69, 9.17) is 4.42 Å². The van der Waals surface area contributed by atoms with Crippen molar-refractivity contribution in [1.82, 2.24) is 0 Å². The van der Waals surface area contributed by atoms with Gasteiger partial charge in [0.15, 0.2) is 0 Å².